The molecule has 1 aliphatic carbocycles. The molecule has 0 unspecified atom stereocenters. The summed E-state index contributed by atoms with van der Waals surface area (Å²) < 4.78 is 1.47. The summed E-state index contributed by atoms with van der Waals surface area (Å²) in [6.07, 6.45) is 6.05. The molecule has 2 heterocycles. The van der Waals surface area contributed by atoms with Gasteiger partial charge in [-0.3, -0.25) is 9.88 Å². The molecule has 9 nitrogen and oxygen atoms in total. The van der Waals surface area contributed by atoms with Crippen LogP contribution in [0.1, 0.15) is 31.2 Å². The fourth-order valence-electron chi connectivity index (χ4n) is 4.09. The second-order valence-electron chi connectivity index (χ2n) is 8.29. The number of nitrogens with two attached hydrogens (primary N) is 1. The van der Waals surface area contributed by atoms with E-state index in [-0.39, 0.29) is 11.8 Å². The number of anilines is 1. The molecule has 4 rings (SSSR count). The number of benzene rings is 1. The van der Waals surface area contributed by atoms with Gasteiger partial charge in [-0.05, 0) is 49.4 Å². The molecule has 2 aliphatic rings. The van der Waals surface area contributed by atoms with Crippen LogP contribution in [0.25, 0.3) is 5.69 Å². The smallest absolute Gasteiger partial charge is 0.328 e. The molecule has 0 atom stereocenters. The lowest BCUT2D eigenvalue weighted by molar-refractivity contribution is 0.204. The summed E-state index contributed by atoms with van der Waals surface area (Å²) in [6, 6.07) is 10.1. The van der Waals surface area contributed by atoms with Gasteiger partial charge in [0.15, 0.2) is 0 Å². The monoisotopic (exact) mass is 425 g/mol. The van der Waals surface area contributed by atoms with Crippen molar-refractivity contribution in [3.63, 3.8) is 0 Å². The van der Waals surface area contributed by atoms with E-state index in [2.05, 4.69) is 20.9 Å². The second-order valence-corrected chi connectivity index (χ2v) is 8.29. The lowest BCUT2D eigenvalue weighted by Gasteiger charge is -2.27. The maximum absolute atomic E-state index is 12.5. The number of carbonyl (C=O) groups excluding carboxylic acids is 1. The Bertz CT molecular complexity index is 930. The average molecular weight is 426 g/mol. The predicted octanol–water partition coefficient (Wildman–Crippen LogP) is 1.03. The molecule has 1 aliphatic heterocycles. The molecule has 9 heteroatoms. The minimum atomic E-state index is -0.428. The van der Waals surface area contributed by atoms with Gasteiger partial charge in [0, 0.05) is 51.0 Å². The van der Waals surface area contributed by atoms with Crippen LogP contribution in [-0.4, -0.2) is 58.7 Å². The first kappa shape index (κ1) is 21.5. The van der Waals surface area contributed by atoms with Gasteiger partial charge in [-0.2, -0.15) is 4.98 Å². The number of piperazine rings is 1. The van der Waals surface area contributed by atoms with E-state index in [1.807, 2.05) is 24.3 Å². The zero-order valence-corrected chi connectivity index (χ0v) is 17.7. The Hall–Kier alpha value is -2.75. The van der Waals surface area contributed by atoms with Crippen molar-refractivity contribution >= 4 is 11.8 Å². The lowest BCUT2D eigenvalue weighted by atomic mass is 9.92. The van der Waals surface area contributed by atoms with E-state index in [9.17, 15) is 9.59 Å². The summed E-state index contributed by atoms with van der Waals surface area (Å²) in [5.41, 5.74) is 7.45. The van der Waals surface area contributed by atoms with Crippen molar-refractivity contribution < 1.29 is 4.79 Å². The quantitative estimate of drug-likeness (QED) is 0.568. The van der Waals surface area contributed by atoms with Crippen molar-refractivity contribution in [3.05, 3.63) is 52.6 Å². The Morgan fingerprint density at radius 3 is 2.48 bits per heavy atom. The summed E-state index contributed by atoms with van der Waals surface area (Å²) in [6.45, 7) is 3.60. The van der Waals surface area contributed by atoms with Crippen LogP contribution in [0, 0.1) is 0 Å². The fourth-order valence-corrected chi connectivity index (χ4v) is 4.09. The Morgan fingerprint density at radius 1 is 1.10 bits per heavy atom. The zero-order valence-electron chi connectivity index (χ0n) is 17.7. The van der Waals surface area contributed by atoms with Crippen molar-refractivity contribution in [1.82, 2.24) is 25.1 Å². The maximum Gasteiger partial charge on any atom is 0.354 e. The first-order valence-electron chi connectivity index (χ1n) is 11.0. The highest BCUT2D eigenvalue weighted by molar-refractivity contribution is 5.88. The number of carbonyl (C=O) groups is 1. The Kier molecular flexibility index (Phi) is 6.96. The molecule has 1 aromatic carbocycles. The molecule has 0 spiro atoms. The SMILES string of the molecule is N[C@H]1CC[C@H](NCc2ccc(-n3ccc(NC(=O)N4CCNCC4)nc3=O)cc2)CC1. The van der Waals surface area contributed by atoms with Crippen molar-refractivity contribution in [2.75, 3.05) is 31.5 Å². The van der Waals surface area contributed by atoms with E-state index in [0.29, 0.717) is 25.2 Å². The van der Waals surface area contributed by atoms with Crippen molar-refractivity contribution in [3.8, 4) is 5.69 Å². The zero-order chi connectivity index (χ0) is 21.6. The Labute approximate surface area is 182 Å². The van der Waals surface area contributed by atoms with Crippen molar-refractivity contribution in [1.29, 1.82) is 0 Å². The van der Waals surface area contributed by atoms with Crippen LogP contribution in [-0.2, 0) is 6.54 Å². The summed E-state index contributed by atoms with van der Waals surface area (Å²) in [5, 5.41) is 9.51. The van der Waals surface area contributed by atoms with Gasteiger partial charge >= 0.3 is 11.7 Å². The second kappa shape index (κ2) is 10.0. The number of urea groups is 1. The van der Waals surface area contributed by atoms with Gasteiger partial charge in [-0.15, -0.1) is 0 Å². The Morgan fingerprint density at radius 2 is 1.81 bits per heavy atom. The van der Waals surface area contributed by atoms with E-state index >= 15 is 0 Å². The van der Waals surface area contributed by atoms with Crippen LogP contribution in [0.2, 0.25) is 0 Å². The summed E-state index contributed by atoms with van der Waals surface area (Å²) in [7, 11) is 0. The molecule has 31 heavy (non-hydrogen) atoms. The van der Waals surface area contributed by atoms with Gasteiger partial charge in [0.2, 0.25) is 0 Å². The first-order chi connectivity index (χ1) is 15.1. The molecule has 2 aromatic rings. The molecule has 2 fully saturated rings. The predicted molar refractivity (Wildman–Crippen MR) is 120 cm³/mol. The van der Waals surface area contributed by atoms with Crippen molar-refractivity contribution in [2.24, 2.45) is 5.73 Å². The number of hydrogen-bond donors (Lipinski definition) is 4. The van der Waals surface area contributed by atoms with Gasteiger partial charge in [-0.25, -0.2) is 9.59 Å². The van der Waals surface area contributed by atoms with Crippen LogP contribution >= 0.6 is 0 Å². The van der Waals surface area contributed by atoms with E-state index in [4.69, 9.17) is 5.73 Å². The van der Waals surface area contributed by atoms with Crippen LogP contribution in [0.5, 0.6) is 0 Å². The first-order valence-corrected chi connectivity index (χ1v) is 11.0. The van der Waals surface area contributed by atoms with Crippen LogP contribution in [0.3, 0.4) is 0 Å². The maximum atomic E-state index is 12.5. The highest BCUT2D eigenvalue weighted by Crippen LogP contribution is 2.17. The minimum Gasteiger partial charge on any atom is -0.328 e. The molecule has 1 aromatic heterocycles. The summed E-state index contributed by atoms with van der Waals surface area (Å²) >= 11 is 0. The summed E-state index contributed by atoms with van der Waals surface area (Å²) in [4.78, 5) is 30.5. The highest BCUT2D eigenvalue weighted by atomic mass is 16.2. The topological polar surface area (TPSA) is 117 Å². The van der Waals surface area contributed by atoms with Crippen LogP contribution < -0.4 is 27.4 Å². The minimum absolute atomic E-state index is 0.233. The number of amides is 2. The van der Waals surface area contributed by atoms with Crippen LogP contribution in [0.4, 0.5) is 10.6 Å². The van der Waals surface area contributed by atoms with Gasteiger partial charge in [0.25, 0.3) is 0 Å². The van der Waals surface area contributed by atoms with Gasteiger partial charge < -0.3 is 21.3 Å². The highest BCUT2D eigenvalue weighted by Gasteiger charge is 2.18. The molecule has 0 bridgehead atoms. The van der Waals surface area contributed by atoms with Gasteiger partial charge in [0.1, 0.15) is 5.82 Å². The van der Waals surface area contributed by atoms with Gasteiger partial charge in [-0.1, -0.05) is 12.1 Å². The Balaban J connectivity index is 1.34. The van der Waals surface area contributed by atoms with E-state index in [1.165, 1.54) is 10.1 Å². The van der Waals surface area contributed by atoms with Crippen LogP contribution in [0.15, 0.2) is 41.3 Å². The molecule has 166 valence electrons. The lowest BCUT2D eigenvalue weighted by Crippen LogP contribution is -2.48. The van der Waals surface area contributed by atoms with E-state index in [1.54, 1.807) is 17.2 Å². The molecule has 1 saturated heterocycles. The summed E-state index contributed by atoms with van der Waals surface area (Å²) in [5.74, 6) is 0.262. The standard InChI is InChI=1S/C22H31N7O2/c23-17-3-5-18(6-4-17)25-15-16-1-7-19(8-2-16)29-12-9-20(27-22(29)31)26-21(30)28-13-10-24-11-14-28/h1-2,7-9,12,17-18,24-25H,3-6,10-11,13-15,23H2,(H,26,27,30,31)/t17-,18-. The third-order valence-electron chi connectivity index (χ3n) is 6.02. The number of nitrogens with zero attached hydrogens (tertiary/aromatic N) is 3. The number of nitrogens with one attached hydrogen (secondary N) is 3. The third-order valence-corrected chi connectivity index (χ3v) is 6.02. The normalized spacial score (nSPS) is 21.6. The van der Waals surface area contributed by atoms with E-state index in [0.717, 1.165) is 51.0 Å². The van der Waals surface area contributed by atoms with E-state index < -0.39 is 5.69 Å². The third kappa shape index (κ3) is 5.69. The van der Waals surface area contributed by atoms with Crippen molar-refractivity contribution in [2.45, 2.75) is 44.3 Å². The average Bonchev–Trinajstić information content (AvgIpc) is 2.80. The largest absolute Gasteiger partial charge is 0.354 e. The number of aromatic nitrogens is 2. The number of hydrogen-bond acceptors (Lipinski definition) is 6. The molecule has 2 amide bonds. The molecule has 1 saturated carbocycles. The fraction of sp³-hybridized carbons (Fsp3) is 0.500. The molecular weight excluding hydrogens is 394 g/mol. The molecule has 0 radical (unpaired) electrons. The van der Waals surface area contributed by atoms with Gasteiger partial charge in [0.05, 0.1) is 5.69 Å². The molecular formula is C22H31N7O2. The molecule has 5 N–H and O–H groups in total. The number of rotatable bonds is 5.